The third-order valence-electron chi connectivity index (χ3n) is 5.66. The van der Waals surface area contributed by atoms with Gasteiger partial charge in [0.25, 0.3) is 5.91 Å². The lowest BCUT2D eigenvalue weighted by Gasteiger charge is -2.32. The molecule has 0 radical (unpaired) electrons. The number of terminal acetylenes is 1. The Labute approximate surface area is 207 Å². The summed E-state index contributed by atoms with van der Waals surface area (Å²) in [5.74, 6) is 1.89. The molecule has 1 aliphatic carbocycles. The molecular weight excluding hydrogens is 442 g/mol. The topological polar surface area (TPSA) is 87.7 Å². The highest BCUT2D eigenvalue weighted by molar-refractivity contribution is 5.99. The van der Waals surface area contributed by atoms with Gasteiger partial charge in [0.15, 0.2) is 0 Å². The van der Waals surface area contributed by atoms with E-state index in [2.05, 4.69) is 16.6 Å². The Morgan fingerprint density at radius 3 is 2.20 bits per heavy atom. The normalized spacial score (nSPS) is 13.8. The van der Waals surface area contributed by atoms with Crippen LogP contribution in [0.1, 0.15) is 61.9 Å². The fourth-order valence-corrected chi connectivity index (χ4v) is 3.87. The van der Waals surface area contributed by atoms with E-state index >= 15 is 0 Å². The van der Waals surface area contributed by atoms with Gasteiger partial charge in [0.1, 0.15) is 18.2 Å². The molecule has 0 spiro atoms. The predicted octanol–water partition coefficient (Wildman–Crippen LogP) is 4.48. The van der Waals surface area contributed by atoms with Crippen molar-refractivity contribution in [2.75, 3.05) is 11.9 Å². The summed E-state index contributed by atoms with van der Waals surface area (Å²) in [4.78, 5) is 40.8. The molecule has 0 bridgehead atoms. The molecule has 1 atom stereocenters. The number of anilines is 1. The summed E-state index contributed by atoms with van der Waals surface area (Å²) in [7, 11) is 0. The van der Waals surface area contributed by atoms with Crippen molar-refractivity contribution in [2.45, 2.75) is 65.1 Å². The number of carbonyl (C=O) groups is 3. The van der Waals surface area contributed by atoms with Crippen LogP contribution in [0.25, 0.3) is 0 Å². The number of rotatable bonds is 7. The van der Waals surface area contributed by atoms with Gasteiger partial charge in [0, 0.05) is 17.3 Å². The maximum atomic E-state index is 13.7. The van der Waals surface area contributed by atoms with Crippen LogP contribution in [0.5, 0.6) is 0 Å². The molecule has 7 nitrogen and oxygen atoms in total. The van der Waals surface area contributed by atoms with Crippen molar-refractivity contribution in [3.05, 3.63) is 64.7 Å². The van der Waals surface area contributed by atoms with Gasteiger partial charge in [0.05, 0.1) is 0 Å². The number of alkyl carbamates (subject to hydrolysis) is 1. The summed E-state index contributed by atoms with van der Waals surface area (Å²) in [5.41, 5.74) is 3.21. The minimum atomic E-state index is -0.888. The van der Waals surface area contributed by atoms with Gasteiger partial charge in [0.2, 0.25) is 5.91 Å². The lowest BCUT2D eigenvalue weighted by atomic mass is 10.0. The second-order valence-electron chi connectivity index (χ2n) is 9.81. The highest BCUT2D eigenvalue weighted by atomic mass is 16.6. The summed E-state index contributed by atoms with van der Waals surface area (Å²) in [6, 6.07) is 11.8. The van der Waals surface area contributed by atoms with Gasteiger partial charge >= 0.3 is 6.09 Å². The Kier molecular flexibility index (Phi) is 7.85. The Hall–Kier alpha value is -3.79. The van der Waals surface area contributed by atoms with Crippen molar-refractivity contribution < 1.29 is 19.1 Å². The summed E-state index contributed by atoms with van der Waals surface area (Å²) in [6.45, 7) is 8.82. The number of amides is 3. The molecule has 1 saturated carbocycles. The average molecular weight is 476 g/mol. The van der Waals surface area contributed by atoms with Crippen molar-refractivity contribution in [2.24, 2.45) is 0 Å². The number of aryl methyl sites for hydroxylation is 2. The zero-order valence-corrected chi connectivity index (χ0v) is 21.0. The summed E-state index contributed by atoms with van der Waals surface area (Å²) >= 11 is 0. The van der Waals surface area contributed by atoms with E-state index in [4.69, 9.17) is 11.2 Å². The maximum Gasteiger partial charge on any atom is 0.408 e. The van der Waals surface area contributed by atoms with E-state index in [0.29, 0.717) is 11.1 Å². The van der Waals surface area contributed by atoms with Gasteiger partial charge in [-0.05, 0) is 76.3 Å². The van der Waals surface area contributed by atoms with Crippen molar-refractivity contribution in [3.8, 4) is 12.3 Å². The third kappa shape index (κ3) is 6.86. The number of ether oxygens (including phenoxy) is 1. The summed E-state index contributed by atoms with van der Waals surface area (Å²) < 4.78 is 5.25. The quantitative estimate of drug-likeness (QED) is 0.578. The third-order valence-corrected chi connectivity index (χ3v) is 5.66. The largest absolute Gasteiger partial charge is 0.444 e. The standard InChI is InChI=1S/C28H33N3O4/c1-7-20-11-13-21(14-12-20)25(26(33)30-24-18(2)9-8-10-19(24)3)31(22-15-16-22)23(32)17-29-27(34)35-28(4,5)6/h1,8-14,22,25H,15-17H2,2-6H3,(H,29,34)(H,30,33). The number of nitrogens with zero attached hydrogens (tertiary/aromatic N) is 1. The number of hydrogen-bond acceptors (Lipinski definition) is 4. The summed E-state index contributed by atoms with van der Waals surface area (Å²) in [5, 5.41) is 5.56. The Bertz CT molecular complexity index is 1120. The van der Waals surface area contributed by atoms with Gasteiger partial charge < -0.3 is 20.3 Å². The van der Waals surface area contributed by atoms with E-state index in [0.717, 1.165) is 29.7 Å². The second kappa shape index (κ2) is 10.6. The molecule has 2 aromatic rings. The molecule has 3 rings (SSSR count). The first-order valence-corrected chi connectivity index (χ1v) is 11.7. The fourth-order valence-electron chi connectivity index (χ4n) is 3.87. The predicted molar refractivity (Wildman–Crippen MR) is 136 cm³/mol. The number of nitrogens with one attached hydrogen (secondary N) is 2. The minimum Gasteiger partial charge on any atom is -0.444 e. The lowest BCUT2D eigenvalue weighted by molar-refractivity contribution is -0.138. The monoisotopic (exact) mass is 475 g/mol. The molecule has 2 aromatic carbocycles. The SMILES string of the molecule is C#Cc1ccc(C(C(=O)Nc2c(C)cccc2C)N(C(=O)CNC(=O)OC(C)(C)C)C2CC2)cc1. The number of hydrogen-bond donors (Lipinski definition) is 2. The zero-order chi connectivity index (χ0) is 25.8. The molecular formula is C28H33N3O4. The Balaban J connectivity index is 1.91. The van der Waals surface area contributed by atoms with Crippen LogP contribution in [-0.2, 0) is 14.3 Å². The molecule has 2 N–H and O–H groups in total. The van der Waals surface area contributed by atoms with Crippen LogP contribution >= 0.6 is 0 Å². The first-order chi connectivity index (χ1) is 16.5. The van der Waals surface area contributed by atoms with Crippen LogP contribution in [0.4, 0.5) is 10.5 Å². The van der Waals surface area contributed by atoms with Crippen LogP contribution in [0, 0.1) is 26.2 Å². The molecule has 7 heteroatoms. The van der Waals surface area contributed by atoms with Crippen LogP contribution in [0.15, 0.2) is 42.5 Å². The first kappa shape index (κ1) is 25.8. The molecule has 3 amide bonds. The smallest absolute Gasteiger partial charge is 0.408 e. The van der Waals surface area contributed by atoms with Crippen LogP contribution in [0.3, 0.4) is 0 Å². The van der Waals surface area contributed by atoms with Crippen molar-refractivity contribution in [1.82, 2.24) is 10.2 Å². The molecule has 1 unspecified atom stereocenters. The van der Waals surface area contributed by atoms with E-state index in [-0.39, 0.29) is 24.4 Å². The molecule has 0 aliphatic heterocycles. The molecule has 0 aromatic heterocycles. The maximum absolute atomic E-state index is 13.7. The minimum absolute atomic E-state index is 0.0936. The highest BCUT2D eigenvalue weighted by Crippen LogP contribution is 2.36. The number of carbonyl (C=O) groups excluding carboxylic acids is 3. The number of para-hydroxylation sites is 1. The Morgan fingerprint density at radius 1 is 1.09 bits per heavy atom. The number of benzene rings is 2. The zero-order valence-electron chi connectivity index (χ0n) is 21.0. The van der Waals surface area contributed by atoms with Crippen molar-refractivity contribution in [1.29, 1.82) is 0 Å². The van der Waals surface area contributed by atoms with Gasteiger partial charge in [-0.25, -0.2) is 4.79 Å². The molecule has 35 heavy (non-hydrogen) atoms. The van der Waals surface area contributed by atoms with Crippen LogP contribution < -0.4 is 10.6 Å². The van der Waals surface area contributed by atoms with Gasteiger partial charge in [-0.15, -0.1) is 6.42 Å². The summed E-state index contributed by atoms with van der Waals surface area (Å²) in [6.07, 6.45) is 6.39. The van der Waals surface area contributed by atoms with Gasteiger partial charge in [-0.2, -0.15) is 0 Å². The van der Waals surface area contributed by atoms with E-state index < -0.39 is 17.7 Å². The molecule has 0 saturated heterocycles. The van der Waals surface area contributed by atoms with Crippen molar-refractivity contribution >= 4 is 23.6 Å². The molecule has 1 fully saturated rings. The van der Waals surface area contributed by atoms with E-state index in [1.807, 2.05) is 32.0 Å². The van der Waals surface area contributed by atoms with Gasteiger partial charge in [-0.3, -0.25) is 9.59 Å². The Morgan fingerprint density at radius 2 is 1.69 bits per heavy atom. The lowest BCUT2D eigenvalue weighted by Crippen LogP contribution is -2.47. The van der Waals surface area contributed by atoms with E-state index in [9.17, 15) is 14.4 Å². The highest BCUT2D eigenvalue weighted by Gasteiger charge is 2.41. The second-order valence-corrected chi connectivity index (χ2v) is 9.81. The average Bonchev–Trinajstić information content (AvgIpc) is 3.62. The van der Waals surface area contributed by atoms with Crippen molar-refractivity contribution in [3.63, 3.8) is 0 Å². The fraction of sp³-hybridized carbons (Fsp3) is 0.393. The van der Waals surface area contributed by atoms with E-state index in [1.165, 1.54) is 0 Å². The van der Waals surface area contributed by atoms with E-state index in [1.54, 1.807) is 49.9 Å². The molecule has 1 aliphatic rings. The molecule has 184 valence electrons. The van der Waals surface area contributed by atoms with Crippen LogP contribution in [-0.4, -0.2) is 41.0 Å². The van der Waals surface area contributed by atoms with Crippen LogP contribution in [0.2, 0.25) is 0 Å². The first-order valence-electron chi connectivity index (χ1n) is 11.7. The van der Waals surface area contributed by atoms with Gasteiger partial charge in [-0.1, -0.05) is 36.3 Å². The molecule has 0 heterocycles.